The van der Waals surface area contributed by atoms with Gasteiger partial charge < -0.3 is 9.76 Å². The third-order valence-electron chi connectivity index (χ3n) is 0.258. The molecule has 0 amide bonds. The molecule has 0 bridgehead atoms. The summed E-state index contributed by atoms with van der Waals surface area (Å²) in [6.07, 6.45) is 0. The Morgan fingerprint density at radius 1 is 1.50 bits per heavy atom. The molecule has 0 fully saturated rings. The molecule has 0 aromatic heterocycles. The fourth-order valence-corrected chi connectivity index (χ4v) is 0.122. The first kappa shape index (κ1) is 7.27. The number of hydrogen-bond donors (Lipinski definition) is 0. The van der Waals surface area contributed by atoms with Crippen molar-refractivity contribution in [1.29, 1.82) is 0 Å². The first-order valence-corrected chi connectivity index (χ1v) is 2.61. The first-order chi connectivity index (χ1) is 3.48. The van der Waals surface area contributed by atoms with Crippen molar-refractivity contribution in [3.05, 3.63) is 10.1 Å². The minimum atomic E-state index is -5.20. The number of nitrogens with zero attached hydrogens (tertiary/aromatic N) is 2. The van der Waals surface area contributed by atoms with Crippen LogP contribution in [-0.2, 0) is 10.3 Å². The highest BCUT2D eigenvalue weighted by atomic mass is 32.2. The Bertz CT molecular complexity index is 167. The van der Waals surface area contributed by atoms with E-state index in [4.69, 9.17) is 4.91 Å². The van der Waals surface area contributed by atoms with Gasteiger partial charge in [-0.25, -0.2) is 13.0 Å². The van der Waals surface area contributed by atoms with Gasteiger partial charge in [-0.05, 0) is 0 Å². The van der Waals surface area contributed by atoms with E-state index in [-0.39, 0.29) is 0 Å². The molecule has 0 aromatic carbocycles. The van der Waals surface area contributed by atoms with E-state index in [9.17, 15) is 18.2 Å². The summed E-state index contributed by atoms with van der Waals surface area (Å²) >= 11 is 0. The van der Waals surface area contributed by atoms with Gasteiger partial charge in [0.2, 0.25) is 0 Å². The van der Waals surface area contributed by atoms with E-state index in [2.05, 4.69) is 0 Å². The maximum Gasteiger partial charge on any atom is 0.192 e. The van der Waals surface area contributed by atoms with Gasteiger partial charge in [-0.1, -0.05) is 0 Å². The molecule has 0 aliphatic carbocycles. The van der Waals surface area contributed by atoms with Crippen LogP contribution < -0.4 is 0 Å². The van der Waals surface area contributed by atoms with Gasteiger partial charge in [0.05, 0.1) is 5.29 Å². The summed E-state index contributed by atoms with van der Waals surface area (Å²) in [5, 5.41) is 10.7. The molecule has 0 atom stereocenters. The average Bonchev–Trinajstić information content (AvgIpc) is 1.62. The Labute approximate surface area is 44.3 Å². The quantitative estimate of drug-likeness (QED) is 0.275. The van der Waals surface area contributed by atoms with Gasteiger partial charge in [0.1, 0.15) is 0 Å². The predicted octanol–water partition coefficient (Wildman–Crippen LogP) is -1.07. The van der Waals surface area contributed by atoms with Crippen LogP contribution in [0.5, 0.6) is 0 Å². The van der Waals surface area contributed by atoms with Crippen LogP contribution in [-0.4, -0.2) is 17.5 Å². The third kappa shape index (κ3) is 1.82. The number of nitroso groups, excluding NO2 is 1. The van der Waals surface area contributed by atoms with Crippen molar-refractivity contribution in [2.24, 2.45) is 5.29 Å². The lowest BCUT2D eigenvalue weighted by Gasteiger charge is -2.21. The highest BCUT2D eigenvalue weighted by Gasteiger charge is 1.92. The standard InChI is InChI=1S/HN2O5S/c3-1-2(4)8(5,6)7/h(H,5,6,7)/q-1/p-1. The Morgan fingerprint density at radius 3 is 1.88 bits per heavy atom. The lowest BCUT2D eigenvalue weighted by atomic mass is 12.7. The molecular weight excluding hydrogens is 140 g/mol. The molecule has 0 N–H and O–H groups in total. The molecule has 0 aliphatic heterocycles. The zero-order chi connectivity index (χ0) is 6.78. The summed E-state index contributed by atoms with van der Waals surface area (Å²) in [5.41, 5.74) is 0. The second-order valence-corrected chi connectivity index (χ2v) is 1.92. The molecule has 0 aromatic rings. The van der Waals surface area contributed by atoms with Gasteiger partial charge in [0.15, 0.2) is 10.3 Å². The predicted molar refractivity (Wildman–Crippen MR) is 20.7 cm³/mol. The van der Waals surface area contributed by atoms with E-state index >= 15 is 0 Å². The summed E-state index contributed by atoms with van der Waals surface area (Å²) in [4.78, 5) is 8.94. The van der Waals surface area contributed by atoms with E-state index in [1.807, 2.05) is 0 Å². The SMILES string of the molecule is O=NN([O-])S(=O)(=O)[O-]. The lowest BCUT2D eigenvalue weighted by Crippen LogP contribution is -2.17. The van der Waals surface area contributed by atoms with E-state index < -0.39 is 14.9 Å². The van der Waals surface area contributed by atoms with Crippen LogP contribution in [0.2, 0.25) is 0 Å². The maximum atomic E-state index is 9.37. The Hall–Kier alpha value is -0.730. The van der Waals surface area contributed by atoms with Crippen LogP contribution in [0.4, 0.5) is 0 Å². The van der Waals surface area contributed by atoms with Gasteiger partial charge in [-0.2, -0.15) is 0 Å². The smallest absolute Gasteiger partial charge is 0.192 e. The number of hydrogen-bond acceptors (Lipinski definition) is 6. The highest BCUT2D eigenvalue weighted by molar-refractivity contribution is 7.83. The zero-order valence-corrected chi connectivity index (χ0v) is 4.16. The third-order valence-corrected chi connectivity index (χ3v) is 0.707. The second-order valence-electron chi connectivity index (χ2n) is 0.747. The van der Waals surface area contributed by atoms with Crippen molar-refractivity contribution in [1.82, 2.24) is 4.58 Å². The van der Waals surface area contributed by atoms with Gasteiger partial charge in [-0.3, -0.25) is 0 Å². The van der Waals surface area contributed by atoms with Crippen molar-refractivity contribution >= 4 is 10.3 Å². The zero-order valence-electron chi connectivity index (χ0n) is 3.34. The minimum absolute atomic E-state index is 1.29. The Kier molecular flexibility index (Phi) is 1.84. The fourth-order valence-electron chi connectivity index (χ4n) is 0.0408. The average molecular weight is 140 g/mol. The second kappa shape index (κ2) is 2.03. The largest absolute Gasteiger partial charge is 0.730 e. The van der Waals surface area contributed by atoms with Crippen LogP contribution in [0.3, 0.4) is 0 Å². The summed E-state index contributed by atoms with van der Waals surface area (Å²) in [6, 6.07) is 0. The molecule has 0 saturated carbocycles. The molecule has 48 valence electrons. The van der Waals surface area contributed by atoms with Crippen molar-refractivity contribution in [3.8, 4) is 0 Å². The van der Waals surface area contributed by atoms with Gasteiger partial charge in [0.25, 0.3) is 0 Å². The molecule has 0 spiro atoms. The Morgan fingerprint density at radius 2 is 1.88 bits per heavy atom. The van der Waals surface area contributed by atoms with E-state index in [1.54, 1.807) is 0 Å². The molecule has 0 rings (SSSR count). The van der Waals surface area contributed by atoms with Gasteiger partial charge in [0, 0.05) is 0 Å². The van der Waals surface area contributed by atoms with Crippen molar-refractivity contribution in [2.45, 2.75) is 0 Å². The summed E-state index contributed by atoms with van der Waals surface area (Å²) in [7, 11) is -5.20. The summed E-state index contributed by atoms with van der Waals surface area (Å²) in [5.74, 6) is 0. The van der Waals surface area contributed by atoms with Crippen molar-refractivity contribution < 1.29 is 13.0 Å². The van der Waals surface area contributed by atoms with E-state index in [1.165, 1.54) is 5.29 Å². The first-order valence-electron chi connectivity index (χ1n) is 1.25. The van der Waals surface area contributed by atoms with E-state index in [0.717, 1.165) is 0 Å². The van der Waals surface area contributed by atoms with E-state index in [0.29, 0.717) is 0 Å². The molecule has 0 unspecified atom stereocenters. The van der Waals surface area contributed by atoms with Crippen LogP contribution in [0, 0.1) is 10.1 Å². The van der Waals surface area contributed by atoms with Gasteiger partial charge in [-0.15, -0.1) is 4.91 Å². The molecule has 8 heavy (non-hydrogen) atoms. The van der Waals surface area contributed by atoms with Gasteiger partial charge >= 0.3 is 0 Å². The summed E-state index contributed by atoms with van der Waals surface area (Å²) < 4.78 is 26.5. The topological polar surface area (TPSA) is 113 Å². The molecule has 0 radical (unpaired) electrons. The number of rotatable bonds is 2. The van der Waals surface area contributed by atoms with Crippen molar-refractivity contribution in [2.75, 3.05) is 0 Å². The van der Waals surface area contributed by atoms with Crippen LogP contribution in [0.15, 0.2) is 5.29 Å². The normalized spacial score (nSPS) is 10.8. The monoisotopic (exact) mass is 140 g/mol. The molecule has 8 heteroatoms. The highest BCUT2D eigenvalue weighted by Crippen LogP contribution is 1.90. The molecular formula is N2O5S-2. The maximum absolute atomic E-state index is 9.37. The molecule has 0 heterocycles. The minimum Gasteiger partial charge on any atom is -0.730 e. The van der Waals surface area contributed by atoms with Crippen LogP contribution in [0.25, 0.3) is 0 Å². The molecule has 0 saturated heterocycles. The van der Waals surface area contributed by atoms with Crippen molar-refractivity contribution in [3.63, 3.8) is 0 Å². The molecule has 0 aliphatic rings. The van der Waals surface area contributed by atoms with Crippen LogP contribution >= 0.6 is 0 Å². The Balaban J connectivity index is 4.26. The summed E-state index contributed by atoms with van der Waals surface area (Å²) in [6.45, 7) is 0. The van der Waals surface area contributed by atoms with Crippen LogP contribution in [0.1, 0.15) is 0 Å². The lowest BCUT2D eigenvalue weighted by molar-refractivity contribution is 0.396. The molecule has 7 nitrogen and oxygen atoms in total. The fraction of sp³-hybridized carbons (Fsp3) is 0.